The summed E-state index contributed by atoms with van der Waals surface area (Å²) < 4.78 is 1.02. The van der Waals surface area contributed by atoms with Crippen molar-refractivity contribution in [1.82, 2.24) is 4.98 Å². The van der Waals surface area contributed by atoms with E-state index in [9.17, 15) is 0 Å². The number of aromatic nitrogens is 1. The summed E-state index contributed by atoms with van der Waals surface area (Å²) in [6, 6.07) is 6.70. The van der Waals surface area contributed by atoms with E-state index in [4.69, 9.17) is 0 Å². The number of thiophene rings is 1. The van der Waals surface area contributed by atoms with Crippen LogP contribution in [0, 0.1) is 6.92 Å². The van der Waals surface area contributed by atoms with E-state index in [-0.39, 0.29) is 0 Å². The van der Waals surface area contributed by atoms with Crippen molar-refractivity contribution in [3.05, 3.63) is 44.7 Å². The van der Waals surface area contributed by atoms with Crippen LogP contribution in [0.25, 0.3) is 0 Å². The van der Waals surface area contributed by atoms with Crippen LogP contribution in [-0.4, -0.2) is 12.0 Å². The molecule has 90 valence electrons. The van der Waals surface area contributed by atoms with Crippen LogP contribution in [0.2, 0.25) is 0 Å². The molecule has 1 unspecified atom stereocenters. The largest absolute Gasteiger partial charge is 0.352 e. The first-order chi connectivity index (χ1) is 8.09. The molecule has 0 saturated carbocycles. The summed E-state index contributed by atoms with van der Waals surface area (Å²) in [5.41, 5.74) is 1.19. The second kappa shape index (κ2) is 5.19. The average molecular weight is 311 g/mol. The maximum absolute atomic E-state index is 4.49. The van der Waals surface area contributed by atoms with Crippen LogP contribution in [0.5, 0.6) is 0 Å². The Hall–Kier alpha value is -0.870. The van der Waals surface area contributed by atoms with Crippen molar-refractivity contribution in [3.63, 3.8) is 0 Å². The van der Waals surface area contributed by atoms with Gasteiger partial charge in [0.25, 0.3) is 0 Å². The molecule has 0 aliphatic rings. The van der Waals surface area contributed by atoms with Gasteiger partial charge in [-0.05, 0) is 52.9 Å². The smallest absolute Gasteiger partial charge is 0.131 e. The van der Waals surface area contributed by atoms with Gasteiger partial charge < -0.3 is 4.90 Å². The van der Waals surface area contributed by atoms with Crippen molar-refractivity contribution in [3.8, 4) is 0 Å². The third kappa shape index (κ3) is 2.69. The second-order valence-corrected chi connectivity index (χ2v) is 5.99. The van der Waals surface area contributed by atoms with Gasteiger partial charge in [-0.2, -0.15) is 0 Å². The summed E-state index contributed by atoms with van der Waals surface area (Å²) in [6.45, 7) is 4.29. The van der Waals surface area contributed by atoms with Gasteiger partial charge in [0.15, 0.2) is 0 Å². The highest BCUT2D eigenvalue weighted by atomic mass is 79.9. The first-order valence-electron chi connectivity index (χ1n) is 5.48. The van der Waals surface area contributed by atoms with Crippen molar-refractivity contribution in [2.45, 2.75) is 19.9 Å². The van der Waals surface area contributed by atoms with E-state index < -0.39 is 0 Å². The van der Waals surface area contributed by atoms with Crippen molar-refractivity contribution in [1.29, 1.82) is 0 Å². The molecule has 17 heavy (non-hydrogen) atoms. The van der Waals surface area contributed by atoms with Gasteiger partial charge in [0, 0.05) is 22.6 Å². The molecule has 0 amide bonds. The maximum atomic E-state index is 4.49. The molecule has 1 atom stereocenters. The fraction of sp³-hybridized carbons (Fsp3) is 0.308. The number of anilines is 1. The van der Waals surface area contributed by atoms with Crippen LogP contribution in [-0.2, 0) is 0 Å². The molecule has 0 saturated heterocycles. The van der Waals surface area contributed by atoms with E-state index in [1.54, 1.807) is 11.3 Å². The summed E-state index contributed by atoms with van der Waals surface area (Å²) in [4.78, 5) is 8.07. The molecule has 0 aliphatic carbocycles. The second-order valence-electron chi connectivity index (χ2n) is 4.10. The number of nitrogens with zero attached hydrogens (tertiary/aromatic N) is 2. The molecule has 0 aliphatic heterocycles. The third-order valence-corrected chi connectivity index (χ3v) is 4.36. The number of rotatable bonds is 3. The Labute approximate surface area is 114 Å². The van der Waals surface area contributed by atoms with Gasteiger partial charge in [0.2, 0.25) is 0 Å². The van der Waals surface area contributed by atoms with Gasteiger partial charge in [-0.1, -0.05) is 6.07 Å². The molecule has 0 aromatic carbocycles. The summed E-state index contributed by atoms with van der Waals surface area (Å²) >= 11 is 5.23. The summed E-state index contributed by atoms with van der Waals surface area (Å²) in [6.07, 6.45) is 1.85. The van der Waals surface area contributed by atoms with Gasteiger partial charge in [-0.3, -0.25) is 0 Å². The van der Waals surface area contributed by atoms with Crippen LogP contribution < -0.4 is 4.90 Å². The van der Waals surface area contributed by atoms with E-state index in [1.165, 1.54) is 10.4 Å². The highest BCUT2D eigenvalue weighted by Gasteiger charge is 2.15. The van der Waals surface area contributed by atoms with Crippen molar-refractivity contribution >= 4 is 33.1 Å². The lowest BCUT2D eigenvalue weighted by atomic mass is 10.2. The zero-order valence-electron chi connectivity index (χ0n) is 10.1. The van der Waals surface area contributed by atoms with Crippen LogP contribution in [0.1, 0.15) is 23.4 Å². The highest BCUT2D eigenvalue weighted by molar-refractivity contribution is 9.10. The molecule has 0 radical (unpaired) electrons. The first kappa shape index (κ1) is 12.6. The van der Waals surface area contributed by atoms with E-state index in [2.05, 4.69) is 70.3 Å². The third-order valence-electron chi connectivity index (χ3n) is 2.89. The van der Waals surface area contributed by atoms with Gasteiger partial charge in [-0.15, -0.1) is 11.3 Å². The number of aryl methyl sites for hydroxylation is 1. The monoisotopic (exact) mass is 310 g/mol. The molecule has 2 rings (SSSR count). The van der Waals surface area contributed by atoms with Crippen LogP contribution in [0.15, 0.2) is 34.2 Å². The molecule has 0 fully saturated rings. The minimum atomic E-state index is 0.349. The van der Waals surface area contributed by atoms with Gasteiger partial charge in [0.1, 0.15) is 5.82 Å². The Morgan fingerprint density at radius 1 is 1.47 bits per heavy atom. The molecule has 4 heteroatoms. The number of pyridine rings is 1. The number of hydrogen-bond donors (Lipinski definition) is 0. The van der Waals surface area contributed by atoms with E-state index in [0.717, 1.165) is 10.3 Å². The van der Waals surface area contributed by atoms with Gasteiger partial charge in [-0.25, -0.2) is 4.98 Å². The van der Waals surface area contributed by atoms with Crippen LogP contribution in [0.3, 0.4) is 0 Å². The molecule has 0 spiro atoms. The topological polar surface area (TPSA) is 16.1 Å². The lowest BCUT2D eigenvalue weighted by Gasteiger charge is -2.26. The fourth-order valence-corrected chi connectivity index (χ4v) is 3.08. The normalized spacial score (nSPS) is 12.5. The fourth-order valence-electron chi connectivity index (χ4n) is 1.81. The van der Waals surface area contributed by atoms with Crippen molar-refractivity contribution in [2.75, 3.05) is 11.9 Å². The number of halogens is 1. The predicted octanol–water partition coefficient (Wildman–Crippen LogP) is 4.41. The Morgan fingerprint density at radius 3 is 2.82 bits per heavy atom. The molecule has 2 aromatic heterocycles. The Kier molecular flexibility index (Phi) is 3.84. The lowest BCUT2D eigenvalue weighted by molar-refractivity contribution is 0.739. The summed E-state index contributed by atoms with van der Waals surface area (Å²) in [7, 11) is 2.09. The van der Waals surface area contributed by atoms with E-state index >= 15 is 0 Å². The number of hydrogen-bond acceptors (Lipinski definition) is 3. The Bertz CT molecular complexity index is 496. The summed E-state index contributed by atoms with van der Waals surface area (Å²) in [5, 5.41) is 2.11. The SMILES string of the molecule is Cc1cc(Br)cnc1N(C)C(C)c1cccs1. The molecular weight excluding hydrogens is 296 g/mol. The van der Waals surface area contributed by atoms with Gasteiger partial charge in [0.05, 0.1) is 6.04 Å². The Morgan fingerprint density at radius 2 is 2.24 bits per heavy atom. The van der Waals surface area contributed by atoms with Crippen LogP contribution >= 0.6 is 27.3 Å². The molecule has 0 bridgehead atoms. The van der Waals surface area contributed by atoms with E-state index in [1.807, 2.05) is 6.20 Å². The zero-order chi connectivity index (χ0) is 12.4. The van der Waals surface area contributed by atoms with Gasteiger partial charge >= 0.3 is 0 Å². The molecule has 2 nitrogen and oxygen atoms in total. The van der Waals surface area contributed by atoms with E-state index in [0.29, 0.717) is 6.04 Å². The molecule has 0 N–H and O–H groups in total. The van der Waals surface area contributed by atoms with Crippen molar-refractivity contribution in [2.24, 2.45) is 0 Å². The summed E-state index contributed by atoms with van der Waals surface area (Å²) in [5.74, 6) is 1.04. The Balaban J connectivity index is 2.28. The van der Waals surface area contributed by atoms with Crippen LogP contribution in [0.4, 0.5) is 5.82 Å². The predicted molar refractivity (Wildman–Crippen MR) is 77.8 cm³/mol. The first-order valence-corrected chi connectivity index (χ1v) is 7.15. The minimum absolute atomic E-state index is 0.349. The lowest BCUT2D eigenvalue weighted by Crippen LogP contribution is -2.22. The maximum Gasteiger partial charge on any atom is 0.131 e. The molecule has 2 heterocycles. The standard InChI is InChI=1S/C13H15BrN2S/c1-9-7-11(14)8-15-13(9)16(3)10(2)12-5-4-6-17-12/h4-8,10H,1-3H3. The average Bonchev–Trinajstić information content (AvgIpc) is 2.80. The molecule has 2 aromatic rings. The molecular formula is C13H15BrN2S. The minimum Gasteiger partial charge on any atom is -0.352 e. The zero-order valence-corrected chi connectivity index (χ0v) is 12.5. The highest BCUT2D eigenvalue weighted by Crippen LogP contribution is 2.29. The van der Waals surface area contributed by atoms with Crippen molar-refractivity contribution < 1.29 is 0 Å². The quantitative estimate of drug-likeness (QED) is 0.834.